The van der Waals surface area contributed by atoms with Crippen molar-refractivity contribution < 1.29 is 19.1 Å². The second-order valence-electron chi connectivity index (χ2n) is 7.72. The van der Waals surface area contributed by atoms with Crippen LogP contribution in [0.25, 0.3) is 0 Å². The molecule has 2 amide bonds. The summed E-state index contributed by atoms with van der Waals surface area (Å²) >= 11 is 0. The quantitative estimate of drug-likeness (QED) is 0.826. The molecular formula is C21H30N2O4. The lowest BCUT2D eigenvalue weighted by Gasteiger charge is -2.25. The summed E-state index contributed by atoms with van der Waals surface area (Å²) in [4.78, 5) is 26.8. The fourth-order valence-electron chi connectivity index (χ4n) is 3.89. The zero-order valence-electron chi connectivity index (χ0n) is 16.5. The summed E-state index contributed by atoms with van der Waals surface area (Å²) in [6.45, 7) is 4.38. The van der Waals surface area contributed by atoms with Gasteiger partial charge in [0.2, 0.25) is 11.8 Å². The zero-order chi connectivity index (χ0) is 19.4. The monoisotopic (exact) mass is 374 g/mol. The third kappa shape index (κ3) is 4.54. The Morgan fingerprint density at radius 1 is 1.11 bits per heavy atom. The molecule has 1 heterocycles. The predicted molar refractivity (Wildman–Crippen MR) is 104 cm³/mol. The molecule has 1 aromatic rings. The number of carbonyl (C=O) groups excluding carboxylic acids is 2. The molecule has 1 saturated carbocycles. The molecule has 27 heavy (non-hydrogen) atoms. The van der Waals surface area contributed by atoms with Gasteiger partial charge in [0.15, 0.2) is 11.5 Å². The molecule has 1 aliphatic carbocycles. The Balaban J connectivity index is 1.70. The van der Waals surface area contributed by atoms with Gasteiger partial charge in [0.25, 0.3) is 0 Å². The van der Waals surface area contributed by atoms with Gasteiger partial charge in [-0.15, -0.1) is 0 Å². The van der Waals surface area contributed by atoms with Crippen LogP contribution in [0.2, 0.25) is 0 Å². The van der Waals surface area contributed by atoms with E-state index < -0.39 is 6.04 Å². The number of methoxy groups -OCH3 is 1. The van der Waals surface area contributed by atoms with E-state index in [0.29, 0.717) is 30.2 Å². The highest BCUT2D eigenvalue weighted by Gasteiger charge is 2.35. The number of benzene rings is 1. The first-order valence-corrected chi connectivity index (χ1v) is 9.95. The Labute approximate surface area is 161 Å². The van der Waals surface area contributed by atoms with Crippen LogP contribution in [0.4, 0.5) is 5.69 Å². The van der Waals surface area contributed by atoms with Crippen molar-refractivity contribution in [3.05, 3.63) is 18.2 Å². The predicted octanol–water partition coefficient (Wildman–Crippen LogP) is 3.60. The fourth-order valence-corrected chi connectivity index (χ4v) is 3.89. The summed E-state index contributed by atoms with van der Waals surface area (Å²) in [5.74, 6) is 1.11. The normalized spacial score (nSPS) is 20.1. The van der Waals surface area contributed by atoms with Crippen molar-refractivity contribution in [3.8, 4) is 11.5 Å². The number of carbonyl (C=O) groups is 2. The largest absolute Gasteiger partial charge is 0.493 e. The Kier molecular flexibility index (Phi) is 6.24. The molecule has 1 saturated heterocycles. The Morgan fingerprint density at radius 2 is 1.85 bits per heavy atom. The first kappa shape index (κ1) is 19.5. The summed E-state index contributed by atoms with van der Waals surface area (Å²) in [5, 5.41) is 2.96. The Hall–Kier alpha value is -2.24. The van der Waals surface area contributed by atoms with Crippen LogP contribution in [0.3, 0.4) is 0 Å². The molecule has 0 aromatic heterocycles. The van der Waals surface area contributed by atoms with Gasteiger partial charge in [0.05, 0.1) is 13.2 Å². The molecule has 0 bridgehead atoms. The summed E-state index contributed by atoms with van der Waals surface area (Å²) in [5.41, 5.74) is 0.664. The van der Waals surface area contributed by atoms with Crippen molar-refractivity contribution in [1.29, 1.82) is 0 Å². The van der Waals surface area contributed by atoms with Gasteiger partial charge < -0.3 is 19.7 Å². The summed E-state index contributed by atoms with van der Waals surface area (Å²) < 4.78 is 11.5. The maximum atomic E-state index is 12.8. The van der Waals surface area contributed by atoms with E-state index in [4.69, 9.17) is 9.47 Å². The van der Waals surface area contributed by atoms with E-state index in [1.165, 1.54) is 12.8 Å². The van der Waals surface area contributed by atoms with E-state index in [2.05, 4.69) is 5.32 Å². The van der Waals surface area contributed by atoms with Gasteiger partial charge >= 0.3 is 0 Å². The number of nitrogens with zero attached hydrogens (tertiary/aromatic N) is 1. The minimum Gasteiger partial charge on any atom is -0.493 e. The topological polar surface area (TPSA) is 67.9 Å². The highest BCUT2D eigenvalue weighted by molar-refractivity contribution is 5.98. The molecule has 0 spiro atoms. The third-order valence-corrected chi connectivity index (χ3v) is 5.36. The molecule has 1 aliphatic heterocycles. The lowest BCUT2D eigenvalue weighted by atomic mass is 10.1. The molecule has 1 N–H and O–H groups in total. The van der Waals surface area contributed by atoms with Gasteiger partial charge in [-0.3, -0.25) is 9.59 Å². The van der Waals surface area contributed by atoms with E-state index in [1.807, 2.05) is 32.0 Å². The van der Waals surface area contributed by atoms with E-state index >= 15 is 0 Å². The highest BCUT2D eigenvalue weighted by atomic mass is 16.5. The minimum absolute atomic E-state index is 0.0348. The van der Waals surface area contributed by atoms with Crippen molar-refractivity contribution in [2.75, 3.05) is 19.0 Å². The van der Waals surface area contributed by atoms with E-state index in [9.17, 15) is 9.59 Å². The number of rotatable bonds is 6. The molecule has 1 aromatic carbocycles. The van der Waals surface area contributed by atoms with Crippen LogP contribution in [0.5, 0.6) is 11.5 Å². The number of anilines is 1. The van der Waals surface area contributed by atoms with Crippen LogP contribution in [0.15, 0.2) is 18.2 Å². The molecule has 2 aliphatic rings. The smallest absolute Gasteiger partial charge is 0.247 e. The fraction of sp³-hybridized carbons (Fsp3) is 0.619. The van der Waals surface area contributed by atoms with E-state index in [1.54, 1.807) is 12.0 Å². The SMILES string of the molecule is COc1ccc(NC(=O)C2CCCN2C(=O)C(C)C)cc1OC1CCCC1. The van der Waals surface area contributed by atoms with Crippen molar-refractivity contribution in [1.82, 2.24) is 4.90 Å². The third-order valence-electron chi connectivity index (χ3n) is 5.36. The zero-order valence-corrected chi connectivity index (χ0v) is 16.5. The van der Waals surface area contributed by atoms with E-state index in [-0.39, 0.29) is 23.8 Å². The maximum absolute atomic E-state index is 12.8. The summed E-state index contributed by atoms with van der Waals surface area (Å²) in [7, 11) is 1.61. The number of hydrogen-bond acceptors (Lipinski definition) is 4. The average Bonchev–Trinajstić information content (AvgIpc) is 3.33. The maximum Gasteiger partial charge on any atom is 0.247 e. The molecule has 1 unspecified atom stereocenters. The van der Waals surface area contributed by atoms with Crippen LogP contribution < -0.4 is 14.8 Å². The molecule has 6 heteroatoms. The highest BCUT2D eigenvalue weighted by Crippen LogP contribution is 2.34. The number of hydrogen-bond donors (Lipinski definition) is 1. The van der Waals surface area contributed by atoms with Crippen LogP contribution in [0, 0.1) is 5.92 Å². The molecular weight excluding hydrogens is 344 g/mol. The van der Waals surface area contributed by atoms with Crippen molar-refractivity contribution in [3.63, 3.8) is 0 Å². The van der Waals surface area contributed by atoms with Crippen molar-refractivity contribution >= 4 is 17.5 Å². The van der Waals surface area contributed by atoms with Crippen LogP contribution in [-0.4, -0.2) is 42.5 Å². The summed E-state index contributed by atoms with van der Waals surface area (Å²) in [6.07, 6.45) is 6.23. The van der Waals surface area contributed by atoms with Gasteiger partial charge in [-0.25, -0.2) is 0 Å². The van der Waals surface area contributed by atoms with Crippen LogP contribution in [-0.2, 0) is 9.59 Å². The van der Waals surface area contributed by atoms with Gasteiger partial charge in [0, 0.05) is 24.2 Å². The molecule has 148 valence electrons. The van der Waals surface area contributed by atoms with Gasteiger partial charge in [-0.2, -0.15) is 0 Å². The molecule has 3 rings (SSSR count). The number of ether oxygens (including phenoxy) is 2. The Bertz CT molecular complexity index is 683. The minimum atomic E-state index is -0.402. The van der Waals surface area contributed by atoms with Crippen LogP contribution >= 0.6 is 0 Å². The van der Waals surface area contributed by atoms with Crippen molar-refractivity contribution in [2.45, 2.75) is 64.5 Å². The second kappa shape index (κ2) is 8.63. The molecule has 2 fully saturated rings. The number of nitrogens with one attached hydrogen (secondary N) is 1. The lowest BCUT2D eigenvalue weighted by Crippen LogP contribution is -2.44. The van der Waals surface area contributed by atoms with Gasteiger partial charge in [-0.1, -0.05) is 13.8 Å². The van der Waals surface area contributed by atoms with Crippen molar-refractivity contribution in [2.24, 2.45) is 5.92 Å². The number of likely N-dealkylation sites (tertiary alicyclic amines) is 1. The summed E-state index contributed by atoms with van der Waals surface area (Å²) in [6, 6.07) is 5.03. The standard InChI is InChI=1S/C21H30N2O4/c1-14(2)21(25)23-12-6-9-17(23)20(24)22-15-10-11-18(26-3)19(13-15)27-16-7-4-5-8-16/h10-11,13-14,16-17H,4-9,12H2,1-3H3,(H,22,24). The van der Waals surface area contributed by atoms with Crippen LogP contribution in [0.1, 0.15) is 52.4 Å². The number of amides is 2. The molecule has 0 radical (unpaired) electrons. The molecule has 6 nitrogen and oxygen atoms in total. The first-order chi connectivity index (χ1) is 13.0. The average molecular weight is 374 g/mol. The molecule has 1 atom stereocenters. The second-order valence-corrected chi connectivity index (χ2v) is 7.72. The van der Waals surface area contributed by atoms with E-state index in [0.717, 1.165) is 19.3 Å². The van der Waals surface area contributed by atoms with Gasteiger partial charge in [-0.05, 0) is 50.7 Å². The first-order valence-electron chi connectivity index (χ1n) is 9.95. The lowest BCUT2D eigenvalue weighted by molar-refractivity contribution is -0.139. The van der Waals surface area contributed by atoms with Gasteiger partial charge in [0.1, 0.15) is 6.04 Å². The Morgan fingerprint density at radius 3 is 2.52 bits per heavy atom.